The number of hydrogen-bond donors (Lipinski definition) is 2. The molecule has 1 aromatic heterocycles. The molecule has 0 saturated heterocycles. The molecule has 2 N–H and O–H groups in total. The third kappa shape index (κ3) is 3.80. The van der Waals surface area contributed by atoms with E-state index in [-0.39, 0.29) is 5.02 Å². The van der Waals surface area contributed by atoms with Crippen molar-refractivity contribution in [3.63, 3.8) is 0 Å². The van der Waals surface area contributed by atoms with Gasteiger partial charge in [0.25, 0.3) is 0 Å². The topological polar surface area (TPSA) is 101 Å². The molecule has 2 rings (SSSR count). The molecule has 1 aromatic carbocycles. The monoisotopic (exact) mass is 326 g/mol. The van der Waals surface area contributed by atoms with Crippen molar-refractivity contribution in [1.29, 1.82) is 0 Å². The van der Waals surface area contributed by atoms with Crippen LogP contribution in [0.5, 0.6) is 5.75 Å². The number of phenols is 1. The molecular formula is C12H8Cl2N4O3. The first-order valence-corrected chi connectivity index (χ1v) is 6.30. The first-order chi connectivity index (χ1) is 9.97. The van der Waals surface area contributed by atoms with Crippen LogP contribution in [-0.4, -0.2) is 21.2 Å². The molecule has 0 unspecified atom stereocenters. The van der Waals surface area contributed by atoms with Gasteiger partial charge in [0.2, 0.25) is 0 Å². The van der Waals surface area contributed by atoms with E-state index in [1.165, 1.54) is 36.7 Å². The summed E-state index contributed by atoms with van der Waals surface area (Å²) >= 11 is 11.6. The van der Waals surface area contributed by atoms with Gasteiger partial charge in [-0.05, 0) is 18.2 Å². The highest BCUT2D eigenvalue weighted by Gasteiger charge is 2.12. The summed E-state index contributed by atoms with van der Waals surface area (Å²) in [5.74, 6) is -0.113. The number of nitro benzene ring substituents is 1. The molecule has 9 heteroatoms. The highest BCUT2D eigenvalue weighted by Crippen LogP contribution is 2.26. The van der Waals surface area contributed by atoms with Crippen molar-refractivity contribution in [2.75, 3.05) is 5.43 Å². The fraction of sp³-hybridized carbons (Fsp3) is 0. The second-order valence-electron chi connectivity index (χ2n) is 3.86. The van der Waals surface area contributed by atoms with E-state index in [0.29, 0.717) is 16.4 Å². The third-order valence-corrected chi connectivity index (χ3v) is 2.88. The number of benzene rings is 1. The molecule has 0 bridgehead atoms. The van der Waals surface area contributed by atoms with Gasteiger partial charge in [0.15, 0.2) is 11.6 Å². The van der Waals surface area contributed by atoms with Crippen LogP contribution in [0.25, 0.3) is 0 Å². The predicted octanol–water partition coefficient (Wildman–Crippen LogP) is 3.45. The van der Waals surface area contributed by atoms with Gasteiger partial charge in [-0.15, -0.1) is 0 Å². The van der Waals surface area contributed by atoms with E-state index in [0.717, 1.165) is 0 Å². The molecule has 0 spiro atoms. The molecular weight excluding hydrogens is 319 g/mol. The molecule has 108 valence electrons. The Hall–Kier alpha value is -2.38. The zero-order chi connectivity index (χ0) is 15.4. The van der Waals surface area contributed by atoms with E-state index in [1.54, 1.807) is 0 Å². The Morgan fingerprint density at radius 1 is 1.38 bits per heavy atom. The predicted molar refractivity (Wildman–Crippen MR) is 80.2 cm³/mol. The van der Waals surface area contributed by atoms with Crippen LogP contribution < -0.4 is 5.43 Å². The van der Waals surface area contributed by atoms with Gasteiger partial charge in [0.05, 0.1) is 21.2 Å². The van der Waals surface area contributed by atoms with Crippen LogP contribution in [-0.2, 0) is 0 Å². The first-order valence-electron chi connectivity index (χ1n) is 5.55. The fourth-order valence-corrected chi connectivity index (χ4v) is 1.85. The number of phenolic OH excluding ortho intramolecular Hbond substituents is 1. The van der Waals surface area contributed by atoms with Crippen LogP contribution in [0, 0.1) is 10.1 Å². The number of nitro groups is 1. The maximum atomic E-state index is 10.7. The van der Waals surface area contributed by atoms with Gasteiger partial charge < -0.3 is 5.11 Å². The Morgan fingerprint density at radius 2 is 2.14 bits per heavy atom. The maximum absolute atomic E-state index is 10.7. The standard InChI is InChI=1S/C12H8Cl2N4O3/c13-8-4-9(14)12(15-6-8)17-16-5-7-1-2-11(19)10(3-7)18(20)21/h1-6,19H,(H,15,17)/b16-5-. The first kappa shape index (κ1) is 15.0. The second-order valence-corrected chi connectivity index (χ2v) is 4.70. The minimum atomic E-state index is -0.683. The van der Waals surface area contributed by atoms with E-state index in [2.05, 4.69) is 15.5 Å². The van der Waals surface area contributed by atoms with Gasteiger partial charge in [0.1, 0.15) is 0 Å². The summed E-state index contributed by atoms with van der Waals surface area (Å²) in [4.78, 5) is 13.9. The Bertz CT molecular complexity index is 722. The van der Waals surface area contributed by atoms with E-state index >= 15 is 0 Å². The fourth-order valence-electron chi connectivity index (χ4n) is 1.43. The molecule has 2 aromatic rings. The maximum Gasteiger partial charge on any atom is 0.311 e. The lowest BCUT2D eigenvalue weighted by Gasteiger charge is -2.02. The summed E-state index contributed by atoms with van der Waals surface area (Å²) < 4.78 is 0. The average molecular weight is 327 g/mol. The van der Waals surface area contributed by atoms with E-state index < -0.39 is 16.4 Å². The van der Waals surface area contributed by atoms with Crippen molar-refractivity contribution < 1.29 is 10.0 Å². The Balaban J connectivity index is 2.14. The van der Waals surface area contributed by atoms with E-state index in [4.69, 9.17) is 23.2 Å². The largest absolute Gasteiger partial charge is 0.502 e. The summed E-state index contributed by atoms with van der Waals surface area (Å²) in [5.41, 5.74) is 2.61. The minimum Gasteiger partial charge on any atom is -0.502 e. The van der Waals surface area contributed by atoms with Crippen molar-refractivity contribution >= 4 is 40.9 Å². The van der Waals surface area contributed by atoms with Crippen LogP contribution in [0.3, 0.4) is 0 Å². The minimum absolute atomic E-state index is 0.288. The number of halogens is 2. The number of nitrogens with one attached hydrogen (secondary N) is 1. The van der Waals surface area contributed by atoms with Gasteiger partial charge in [-0.3, -0.25) is 15.5 Å². The molecule has 0 fully saturated rings. The van der Waals surface area contributed by atoms with E-state index in [1.807, 2.05) is 0 Å². The summed E-state index contributed by atoms with van der Waals surface area (Å²) in [6, 6.07) is 5.38. The van der Waals surface area contributed by atoms with Crippen LogP contribution in [0.4, 0.5) is 11.5 Å². The lowest BCUT2D eigenvalue weighted by atomic mass is 10.2. The number of aromatic hydroxyl groups is 1. The normalized spacial score (nSPS) is 10.8. The highest BCUT2D eigenvalue weighted by molar-refractivity contribution is 6.35. The molecule has 0 amide bonds. The molecule has 1 heterocycles. The van der Waals surface area contributed by atoms with Crippen molar-refractivity contribution in [3.05, 3.63) is 56.2 Å². The molecule has 0 saturated carbocycles. The van der Waals surface area contributed by atoms with Gasteiger partial charge in [-0.25, -0.2) is 4.98 Å². The van der Waals surface area contributed by atoms with Crippen LogP contribution in [0.1, 0.15) is 5.56 Å². The Morgan fingerprint density at radius 3 is 2.81 bits per heavy atom. The van der Waals surface area contributed by atoms with Crippen LogP contribution in [0.2, 0.25) is 10.0 Å². The number of aromatic nitrogens is 1. The Labute approximate surface area is 129 Å². The molecule has 0 radical (unpaired) electrons. The number of rotatable bonds is 4. The zero-order valence-corrected chi connectivity index (χ0v) is 11.8. The number of nitrogens with zero attached hydrogens (tertiary/aromatic N) is 3. The van der Waals surface area contributed by atoms with Crippen molar-refractivity contribution in [2.45, 2.75) is 0 Å². The molecule has 0 aliphatic heterocycles. The zero-order valence-electron chi connectivity index (χ0n) is 10.3. The van der Waals surface area contributed by atoms with Gasteiger partial charge in [-0.1, -0.05) is 23.2 Å². The summed E-state index contributed by atoms with van der Waals surface area (Å²) in [6.45, 7) is 0. The molecule has 0 aliphatic rings. The van der Waals surface area contributed by atoms with Gasteiger partial charge in [0, 0.05) is 17.8 Å². The summed E-state index contributed by atoms with van der Waals surface area (Å²) in [6.07, 6.45) is 2.73. The lowest BCUT2D eigenvalue weighted by Crippen LogP contribution is -1.95. The number of pyridine rings is 1. The average Bonchev–Trinajstić information content (AvgIpc) is 2.42. The van der Waals surface area contributed by atoms with Crippen molar-refractivity contribution in [3.8, 4) is 5.75 Å². The smallest absolute Gasteiger partial charge is 0.311 e. The van der Waals surface area contributed by atoms with Crippen LogP contribution >= 0.6 is 23.2 Å². The highest BCUT2D eigenvalue weighted by atomic mass is 35.5. The lowest BCUT2D eigenvalue weighted by molar-refractivity contribution is -0.385. The summed E-state index contributed by atoms with van der Waals surface area (Å²) in [7, 11) is 0. The van der Waals surface area contributed by atoms with Crippen molar-refractivity contribution in [1.82, 2.24) is 4.98 Å². The Kier molecular flexibility index (Phi) is 4.56. The number of hydrazone groups is 1. The SMILES string of the molecule is O=[N+]([O-])c1cc(/C=N\Nc2ncc(Cl)cc2Cl)ccc1O. The molecule has 0 aliphatic carbocycles. The van der Waals surface area contributed by atoms with Crippen LogP contribution in [0.15, 0.2) is 35.6 Å². The van der Waals surface area contributed by atoms with Gasteiger partial charge in [-0.2, -0.15) is 5.10 Å². The quantitative estimate of drug-likeness (QED) is 0.509. The van der Waals surface area contributed by atoms with Gasteiger partial charge >= 0.3 is 5.69 Å². The third-order valence-electron chi connectivity index (χ3n) is 2.39. The van der Waals surface area contributed by atoms with Crippen molar-refractivity contribution in [2.24, 2.45) is 5.10 Å². The molecule has 7 nitrogen and oxygen atoms in total. The van der Waals surface area contributed by atoms with E-state index in [9.17, 15) is 15.2 Å². The molecule has 21 heavy (non-hydrogen) atoms. The second kappa shape index (κ2) is 6.38. The number of hydrogen-bond acceptors (Lipinski definition) is 6. The summed E-state index contributed by atoms with van der Waals surface area (Å²) in [5, 5.41) is 24.6. The molecule has 0 atom stereocenters. The number of anilines is 1.